The van der Waals surface area contributed by atoms with Crippen molar-refractivity contribution in [3.63, 3.8) is 0 Å². The quantitative estimate of drug-likeness (QED) is 0.692. The van der Waals surface area contributed by atoms with Gasteiger partial charge >= 0.3 is 0 Å². The molecule has 0 aromatic heterocycles. The number of amides is 1. The molecule has 1 amide bonds. The first-order chi connectivity index (χ1) is 5.87. The highest BCUT2D eigenvalue weighted by molar-refractivity contribution is 6.18. The van der Waals surface area contributed by atoms with Crippen molar-refractivity contribution < 1.29 is 9.59 Å². The second-order valence-electron chi connectivity index (χ2n) is 3.75. The minimum atomic E-state index is -0.463. The summed E-state index contributed by atoms with van der Waals surface area (Å²) in [4.78, 5) is 22.0. The van der Waals surface area contributed by atoms with Gasteiger partial charge in [0.1, 0.15) is 5.78 Å². The molecule has 0 fully saturated rings. The van der Waals surface area contributed by atoms with Crippen molar-refractivity contribution in [2.45, 2.75) is 39.2 Å². The van der Waals surface area contributed by atoms with Gasteiger partial charge in [0.05, 0.1) is 0 Å². The second-order valence-corrected chi connectivity index (χ2v) is 4.13. The zero-order valence-corrected chi connectivity index (χ0v) is 9.07. The molecule has 0 aliphatic rings. The summed E-state index contributed by atoms with van der Waals surface area (Å²) in [6, 6.07) is 0. The molecule has 3 nitrogen and oxygen atoms in total. The highest BCUT2D eigenvalue weighted by Gasteiger charge is 2.21. The molecule has 0 saturated carbocycles. The van der Waals surface area contributed by atoms with Gasteiger partial charge in [-0.05, 0) is 20.8 Å². The maximum atomic E-state index is 11.1. The van der Waals surface area contributed by atoms with Crippen molar-refractivity contribution in [3.8, 4) is 0 Å². The van der Waals surface area contributed by atoms with E-state index in [0.29, 0.717) is 18.7 Å². The van der Waals surface area contributed by atoms with Crippen LogP contribution in [0.4, 0.5) is 0 Å². The van der Waals surface area contributed by atoms with E-state index in [0.717, 1.165) is 0 Å². The molecule has 4 heteroatoms. The molecular formula is C9H16ClNO2. The summed E-state index contributed by atoms with van der Waals surface area (Å²) in [6.07, 6.45) is 0.643. The Morgan fingerprint density at radius 2 is 1.92 bits per heavy atom. The molecule has 0 radical (unpaired) electrons. The van der Waals surface area contributed by atoms with Crippen molar-refractivity contribution in [1.82, 2.24) is 5.32 Å². The molecule has 0 spiro atoms. The third-order valence-corrected chi connectivity index (χ3v) is 1.68. The van der Waals surface area contributed by atoms with Gasteiger partial charge in [0.15, 0.2) is 0 Å². The van der Waals surface area contributed by atoms with Crippen molar-refractivity contribution >= 4 is 23.3 Å². The lowest BCUT2D eigenvalue weighted by Crippen LogP contribution is -2.44. The number of carbonyl (C=O) groups is 2. The van der Waals surface area contributed by atoms with Gasteiger partial charge in [-0.3, -0.25) is 9.59 Å². The maximum Gasteiger partial charge on any atom is 0.221 e. The summed E-state index contributed by atoms with van der Waals surface area (Å²) in [7, 11) is 0. The first-order valence-corrected chi connectivity index (χ1v) is 4.77. The summed E-state index contributed by atoms with van der Waals surface area (Å²) >= 11 is 5.40. The highest BCUT2D eigenvalue weighted by Crippen LogP contribution is 2.08. The Balaban J connectivity index is 4.00. The van der Waals surface area contributed by atoms with Crippen molar-refractivity contribution in [1.29, 1.82) is 0 Å². The predicted octanol–water partition coefficient (Wildman–Crippen LogP) is 1.49. The van der Waals surface area contributed by atoms with Crippen molar-refractivity contribution in [2.75, 3.05) is 5.88 Å². The summed E-state index contributed by atoms with van der Waals surface area (Å²) in [6.45, 7) is 5.15. The fourth-order valence-corrected chi connectivity index (χ4v) is 1.36. The Kier molecular flexibility index (Phi) is 4.99. The van der Waals surface area contributed by atoms with Crippen LogP contribution in [0.15, 0.2) is 0 Å². The van der Waals surface area contributed by atoms with E-state index in [4.69, 9.17) is 11.6 Å². The summed E-state index contributed by atoms with van der Waals surface area (Å²) in [5, 5.41) is 2.74. The Morgan fingerprint density at radius 3 is 2.31 bits per heavy atom. The van der Waals surface area contributed by atoms with Crippen LogP contribution in [0, 0.1) is 0 Å². The number of Topliss-reactive ketones (excluding diaryl/α,β-unsaturated/α-hetero) is 1. The van der Waals surface area contributed by atoms with Gasteiger partial charge in [-0.25, -0.2) is 0 Å². The number of hydrogen-bond donors (Lipinski definition) is 1. The van der Waals surface area contributed by atoms with Crippen LogP contribution in [0.25, 0.3) is 0 Å². The molecule has 0 atom stereocenters. The monoisotopic (exact) mass is 205 g/mol. The van der Waals surface area contributed by atoms with E-state index in [1.165, 1.54) is 6.92 Å². The molecule has 0 unspecified atom stereocenters. The zero-order valence-electron chi connectivity index (χ0n) is 8.32. The number of ketones is 1. The number of carbonyl (C=O) groups excluding carboxylic acids is 2. The van der Waals surface area contributed by atoms with Crippen LogP contribution in [0.2, 0.25) is 0 Å². The maximum absolute atomic E-state index is 11.1. The lowest BCUT2D eigenvalue weighted by Gasteiger charge is -2.24. The highest BCUT2D eigenvalue weighted by atomic mass is 35.5. The smallest absolute Gasteiger partial charge is 0.221 e. The molecule has 0 aromatic carbocycles. The number of rotatable bonds is 5. The molecule has 0 bridgehead atoms. The minimum absolute atomic E-state index is 0.0659. The molecule has 0 heterocycles. The fraction of sp³-hybridized carbons (Fsp3) is 0.778. The van der Waals surface area contributed by atoms with Gasteiger partial charge in [0.25, 0.3) is 0 Å². The topological polar surface area (TPSA) is 46.2 Å². The lowest BCUT2D eigenvalue weighted by atomic mass is 9.98. The van der Waals surface area contributed by atoms with Gasteiger partial charge in [0, 0.05) is 24.3 Å². The first kappa shape index (κ1) is 12.4. The predicted molar refractivity (Wildman–Crippen MR) is 52.9 cm³/mol. The van der Waals surface area contributed by atoms with Gasteiger partial charge in [0.2, 0.25) is 5.91 Å². The Bertz CT molecular complexity index is 202. The lowest BCUT2D eigenvalue weighted by molar-refractivity contribution is -0.123. The van der Waals surface area contributed by atoms with Gasteiger partial charge < -0.3 is 5.32 Å². The molecule has 0 aromatic rings. The van der Waals surface area contributed by atoms with Crippen molar-refractivity contribution in [3.05, 3.63) is 0 Å². The fourth-order valence-electron chi connectivity index (χ4n) is 1.19. The summed E-state index contributed by atoms with van der Waals surface area (Å²) in [5.41, 5.74) is -0.463. The Morgan fingerprint density at radius 1 is 1.38 bits per heavy atom. The second kappa shape index (κ2) is 5.22. The van der Waals surface area contributed by atoms with E-state index in [1.54, 1.807) is 0 Å². The molecule has 0 aliphatic carbocycles. The minimum Gasteiger partial charge on any atom is -0.351 e. The Labute approximate surface area is 83.8 Å². The largest absolute Gasteiger partial charge is 0.351 e. The number of alkyl halides is 1. The van der Waals surface area contributed by atoms with Crippen LogP contribution < -0.4 is 5.32 Å². The van der Waals surface area contributed by atoms with Crippen LogP contribution in [0.3, 0.4) is 0 Å². The van der Waals surface area contributed by atoms with Crippen LogP contribution in [-0.4, -0.2) is 23.1 Å². The molecule has 76 valence electrons. The third kappa shape index (κ3) is 6.58. The SMILES string of the molecule is CC(=O)CC(C)(C)NC(=O)CCCl. The summed E-state index contributed by atoms with van der Waals surface area (Å²) in [5.74, 6) is 0.263. The van der Waals surface area contributed by atoms with E-state index >= 15 is 0 Å². The molecule has 1 N–H and O–H groups in total. The molecule has 0 saturated heterocycles. The van der Waals surface area contributed by atoms with Crippen molar-refractivity contribution in [2.24, 2.45) is 0 Å². The van der Waals surface area contributed by atoms with E-state index < -0.39 is 5.54 Å². The van der Waals surface area contributed by atoms with E-state index in [-0.39, 0.29) is 11.7 Å². The molecular weight excluding hydrogens is 190 g/mol. The van der Waals surface area contributed by atoms with Gasteiger partial charge in [-0.2, -0.15) is 0 Å². The number of nitrogens with one attached hydrogen (secondary N) is 1. The average Bonchev–Trinajstić information content (AvgIpc) is 1.81. The van der Waals surface area contributed by atoms with Gasteiger partial charge in [-0.15, -0.1) is 11.6 Å². The third-order valence-electron chi connectivity index (χ3n) is 1.49. The molecule has 0 aliphatic heterocycles. The first-order valence-electron chi connectivity index (χ1n) is 4.24. The normalized spacial score (nSPS) is 11.1. The van der Waals surface area contributed by atoms with Crippen LogP contribution in [0.1, 0.15) is 33.6 Å². The Hall–Kier alpha value is -0.570. The molecule has 0 rings (SSSR count). The molecule has 13 heavy (non-hydrogen) atoms. The number of hydrogen-bond acceptors (Lipinski definition) is 2. The van der Waals surface area contributed by atoms with Crippen LogP contribution in [-0.2, 0) is 9.59 Å². The van der Waals surface area contributed by atoms with Crippen LogP contribution in [0.5, 0.6) is 0 Å². The standard InChI is InChI=1S/C9H16ClNO2/c1-7(12)6-9(2,3)11-8(13)4-5-10/h4-6H2,1-3H3,(H,11,13). The van der Waals surface area contributed by atoms with E-state index in [2.05, 4.69) is 5.32 Å². The van der Waals surface area contributed by atoms with E-state index in [9.17, 15) is 9.59 Å². The number of halogens is 1. The zero-order chi connectivity index (χ0) is 10.5. The average molecular weight is 206 g/mol. The van der Waals surface area contributed by atoms with E-state index in [1.807, 2.05) is 13.8 Å². The summed E-state index contributed by atoms with van der Waals surface area (Å²) < 4.78 is 0. The van der Waals surface area contributed by atoms with Gasteiger partial charge in [-0.1, -0.05) is 0 Å². The van der Waals surface area contributed by atoms with Crippen LogP contribution >= 0.6 is 11.6 Å².